The lowest BCUT2D eigenvalue weighted by Crippen LogP contribution is -2.77. The molecule has 1 N–H and O–H groups in total. The molecule has 1 spiro atoms. The molecule has 1 atom stereocenters. The maximum atomic E-state index is 14.2. The summed E-state index contributed by atoms with van der Waals surface area (Å²) < 4.78 is 17.2. The van der Waals surface area contributed by atoms with Crippen molar-refractivity contribution in [2.45, 2.75) is 57.7 Å². The van der Waals surface area contributed by atoms with Crippen LogP contribution >= 0.6 is 0 Å². The number of hydrogen-bond donors (Lipinski definition) is 1. The molecule has 0 aromatic heterocycles. The van der Waals surface area contributed by atoms with Gasteiger partial charge in [-0.25, -0.2) is 4.79 Å². The number of methoxy groups -OCH3 is 1. The summed E-state index contributed by atoms with van der Waals surface area (Å²) >= 11 is 0. The predicted octanol–water partition coefficient (Wildman–Crippen LogP) is 4.18. The van der Waals surface area contributed by atoms with Crippen molar-refractivity contribution in [2.75, 3.05) is 58.3 Å². The van der Waals surface area contributed by atoms with E-state index in [0.29, 0.717) is 48.5 Å². The third kappa shape index (κ3) is 4.98. The molecule has 10 heteroatoms. The normalized spacial score (nSPS) is 23.5. The van der Waals surface area contributed by atoms with Gasteiger partial charge in [-0.05, 0) is 76.9 Å². The van der Waals surface area contributed by atoms with E-state index in [0.717, 1.165) is 50.1 Å². The zero-order chi connectivity index (χ0) is 30.6. The van der Waals surface area contributed by atoms with Gasteiger partial charge in [-0.2, -0.15) is 5.26 Å². The fourth-order valence-corrected chi connectivity index (χ4v) is 7.32. The molecule has 3 fully saturated rings. The average molecular weight is 588 g/mol. The second-order valence-corrected chi connectivity index (χ2v) is 13.3. The molecule has 4 aliphatic rings. The minimum atomic E-state index is -1.15. The van der Waals surface area contributed by atoms with Crippen LogP contribution in [-0.4, -0.2) is 91.3 Å². The quantitative estimate of drug-likeness (QED) is 0.537. The maximum absolute atomic E-state index is 14.2. The molecule has 4 aliphatic heterocycles. The molecule has 4 heterocycles. The highest BCUT2D eigenvalue weighted by atomic mass is 16.6. The van der Waals surface area contributed by atoms with E-state index in [4.69, 9.17) is 14.2 Å². The SMILES string of the molecule is CCOc1ccc(OC)cc1C1(N2CC3(CN(C4CCN(C(=O)OC(C)(C)C)CC4)C3)C2)C(=O)Nc2ccc(C#N)cc21. The summed E-state index contributed by atoms with van der Waals surface area (Å²) in [6.45, 7) is 12.9. The number of nitrogens with zero attached hydrogens (tertiary/aromatic N) is 4. The van der Waals surface area contributed by atoms with E-state index in [1.165, 1.54) is 0 Å². The van der Waals surface area contributed by atoms with Gasteiger partial charge in [0.25, 0.3) is 5.91 Å². The second kappa shape index (κ2) is 10.7. The molecule has 43 heavy (non-hydrogen) atoms. The fourth-order valence-electron chi connectivity index (χ4n) is 7.32. The van der Waals surface area contributed by atoms with E-state index in [1.807, 2.05) is 62.9 Å². The lowest BCUT2D eigenvalue weighted by atomic mass is 9.67. The molecular formula is C33H41N5O5. The zero-order valence-electron chi connectivity index (χ0n) is 25.7. The van der Waals surface area contributed by atoms with E-state index in [-0.39, 0.29) is 17.4 Å². The van der Waals surface area contributed by atoms with Gasteiger partial charge in [0.05, 0.1) is 25.3 Å². The van der Waals surface area contributed by atoms with E-state index < -0.39 is 11.1 Å². The number of amides is 2. The van der Waals surface area contributed by atoms with E-state index in [2.05, 4.69) is 21.2 Å². The number of carbonyl (C=O) groups excluding carboxylic acids is 2. The lowest BCUT2D eigenvalue weighted by molar-refractivity contribution is -0.169. The third-order valence-electron chi connectivity index (χ3n) is 9.23. The van der Waals surface area contributed by atoms with Gasteiger partial charge in [0.2, 0.25) is 0 Å². The van der Waals surface area contributed by atoms with Crippen LogP contribution in [0.4, 0.5) is 10.5 Å². The number of ether oxygens (including phenoxy) is 3. The molecule has 228 valence electrons. The van der Waals surface area contributed by atoms with Crippen LogP contribution in [0.3, 0.4) is 0 Å². The smallest absolute Gasteiger partial charge is 0.410 e. The Morgan fingerprint density at radius 3 is 2.42 bits per heavy atom. The molecule has 0 aliphatic carbocycles. The largest absolute Gasteiger partial charge is 0.497 e. The van der Waals surface area contributed by atoms with Crippen molar-refractivity contribution in [1.82, 2.24) is 14.7 Å². The van der Waals surface area contributed by atoms with Crippen molar-refractivity contribution in [3.63, 3.8) is 0 Å². The van der Waals surface area contributed by atoms with Gasteiger partial charge in [-0.3, -0.25) is 14.6 Å². The Hall–Kier alpha value is -3.81. The Kier molecular flexibility index (Phi) is 7.30. The fraction of sp³-hybridized carbons (Fsp3) is 0.545. The molecule has 3 saturated heterocycles. The van der Waals surface area contributed by atoms with Gasteiger partial charge in [-0.1, -0.05) is 0 Å². The van der Waals surface area contributed by atoms with Crippen molar-refractivity contribution in [3.05, 3.63) is 53.1 Å². The average Bonchev–Trinajstić information content (AvgIpc) is 3.22. The second-order valence-electron chi connectivity index (χ2n) is 13.3. The van der Waals surface area contributed by atoms with Crippen LogP contribution in [0.15, 0.2) is 36.4 Å². The summed E-state index contributed by atoms with van der Waals surface area (Å²) in [5.41, 5.74) is 1.16. The monoisotopic (exact) mass is 587 g/mol. The highest BCUT2D eigenvalue weighted by molar-refractivity contribution is 6.09. The van der Waals surface area contributed by atoms with Gasteiger partial charge in [0.15, 0.2) is 5.54 Å². The van der Waals surface area contributed by atoms with Gasteiger partial charge >= 0.3 is 6.09 Å². The number of nitriles is 1. The van der Waals surface area contributed by atoms with Gasteiger partial charge < -0.3 is 24.4 Å². The standard InChI is InChI=1S/C33H41N5O5/c1-6-42-28-10-8-24(41-5)16-26(28)33(25-15-22(17-34)7-9-27(25)35-29(33)39)38-20-32(21-38)18-37(19-32)23-11-13-36(14-12-23)30(40)43-31(2,3)4/h7-10,15-16,23H,6,11-14,18-21H2,1-5H3,(H,35,39). The molecule has 0 radical (unpaired) electrons. The number of fused-ring (bicyclic) bond motifs is 1. The van der Waals surface area contributed by atoms with E-state index in [9.17, 15) is 14.9 Å². The zero-order valence-corrected chi connectivity index (χ0v) is 25.7. The molecule has 6 rings (SSSR count). The summed E-state index contributed by atoms with van der Waals surface area (Å²) in [5.74, 6) is 1.12. The highest BCUT2D eigenvalue weighted by Gasteiger charge is 2.64. The summed E-state index contributed by atoms with van der Waals surface area (Å²) in [6, 6.07) is 13.7. The third-order valence-corrected chi connectivity index (χ3v) is 9.23. The molecule has 10 nitrogen and oxygen atoms in total. The number of benzene rings is 2. The van der Waals surface area contributed by atoms with Crippen LogP contribution in [0, 0.1) is 16.7 Å². The molecule has 0 bridgehead atoms. The van der Waals surface area contributed by atoms with Gasteiger partial charge in [0, 0.05) is 67.5 Å². The van der Waals surface area contributed by atoms with Crippen LogP contribution in [0.1, 0.15) is 57.2 Å². The minimum absolute atomic E-state index is 0.0931. The first-order chi connectivity index (χ1) is 20.5. The Labute approximate surface area is 253 Å². The Morgan fingerprint density at radius 2 is 1.79 bits per heavy atom. The Morgan fingerprint density at radius 1 is 1.07 bits per heavy atom. The Bertz CT molecular complexity index is 1460. The van der Waals surface area contributed by atoms with Gasteiger partial charge in [-0.15, -0.1) is 0 Å². The topological polar surface area (TPSA) is 107 Å². The maximum Gasteiger partial charge on any atom is 0.410 e. The van der Waals surface area contributed by atoms with Crippen LogP contribution in [0.2, 0.25) is 0 Å². The lowest BCUT2D eigenvalue weighted by Gasteiger charge is -2.65. The summed E-state index contributed by atoms with van der Waals surface area (Å²) in [7, 11) is 1.61. The highest BCUT2D eigenvalue weighted by Crippen LogP contribution is 2.55. The van der Waals surface area contributed by atoms with Crippen molar-refractivity contribution in [2.24, 2.45) is 5.41 Å². The number of anilines is 1. The van der Waals surface area contributed by atoms with E-state index in [1.54, 1.807) is 13.2 Å². The molecule has 2 aromatic carbocycles. The predicted molar refractivity (Wildman–Crippen MR) is 161 cm³/mol. The molecular weight excluding hydrogens is 546 g/mol. The number of piperidine rings is 1. The van der Waals surface area contributed by atoms with Crippen LogP contribution in [0.25, 0.3) is 0 Å². The first-order valence-corrected chi connectivity index (χ1v) is 15.2. The molecule has 1 unspecified atom stereocenters. The van der Waals surface area contributed by atoms with Crippen molar-refractivity contribution < 1.29 is 23.8 Å². The number of nitrogens with one attached hydrogen (secondary N) is 1. The summed E-state index contributed by atoms with van der Waals surface area (Å²) in [5, 5.41) is 12.8. The Balaban J connectivity index is 1.22. The van der Waals surface area contributed by atoms with Crippen LogP contribution < -0.4 is 14.8 Å². The number of hydrogen-bond acceptors (Lipinski definition) is 8. The summed E-state index contributed by atoms with van der Waals surface area (Å²) in [6.07, 6.45) is 1.62. The van der Waals surface area contributed by atoms with Crippen molar-refractivity contribution >= 4 is 17.7 Å². The van der Waals surface area contributed by atoms with Crippen LogP contribution in [-0.2, 0) is 15.1 Å². The number of rotatable bonds is 6. The first-order valence-electron chi connectivity index (χ1n) is 15.2. The number of likely N-dealkylation sites (tertiary alicyclic amines) is 3. The van der Waals surface area contributed by atoms with Crippen molar-refractivity contribution in [1.29, 1.82) is 5.26 Å². The minimum Gasteiger partial charge on any atom is -0.497 e. The molecule has 2 aromatic rings. The number of carbonyl (C=O) groups is 2. The van der Waals surface area contributed by atoms with Crippen LogP contribution in [0.5, 0.6) is 11.5 Å². The van der Waals surface area contributed by atoms with Crippen molar-refractivity contribution in [3.8, 4) is 17.6 Å². The first kappa shape index (κ1) is 29.3. The van der Waals surface area contributed by atoms with E-state index >= 15 is 0 Å². The molecule has 2 amide bonds. The summed E-state index contributed by atoms with van der Waals surface area (Å²) in [4.78, 5) is 33.3. The van der Waals surface area contributed by atoms with Gasteiger partial charge in [0.1, 0.15) is 17.1 Å². The molecule has 0 saturated carbocycles.